The van der Waals surface area contributed by atoms with Gasteiger partial charge in [-0.3, -0.25) is 4.98 Å². The molecule has 3 heteroatoms. The molecule has 2 rings (SSSR count). The molecule has 90 valence electrons. The first-order valence-electron chi connectivity index (χ1n) is 5.58. The first-order valence-corrected chi connectivity index (χ1v) is 5.58. The highest BCUT2D eigenvalue weighted by molar-refractivity contribution is 5.85. The lowest BCUT2D eigenvalue weighted by Gasteiger charge is -2.02. The normalized spacial score (nSPS) is 10.7. The number of carboxylic acids is 1. The Kier molecular flexibility index (Phi) is 3.53. The summed E-state index contributed by atoms with van der Waals surface area (Å²) in [6.45, 7) is 2.04. The Morgan fingerprint density at radius 2 is 1.89 bits per heavy atom. The van der Waals surface area contributed by atoms with E-state index in [1.165, 1.54) is 11.6 Å². The number of aromatic nitrogens is 1. The number of aryl methyl sites for hydroxylation is 1. The van der Waals surface area contributed by atoms with Crippen LogP contribution in [0.2, 0.25) is 0 Å². The van der Waals surface area contributed by atoms with Crippen LogP contribution in [0.25, 0.3) is 17.2 Å². The first-order chi connectivity index (χ1) is 8.65. The van der Waals surface area contributed by atoms with E-state index in [-0.39, 0.29) is 0 Å². The lowest BCUT2D eigenvalue weighted by atomic mass is 10.0. The van der Waals surface area contributed by atoms with Gasteiger partial charge >= 0.3 is 5.97 Å². The molecule has 0 atom stereocenters. The van der Waals surface area contributed by atoms with Gasteiger partial charge in [-0.15, -0.1) is 0 Å². The quantitative estimate of drug-likeness (QED) is 0.837. The second-order valence-corrected chi connectivity index (χ2v) is 4.04. The van der Waals surface area contributed by atoms with Gasteiger partial charge in [-0.1, -0.05) is 29.8 Å². The summed E-state index contributed by atoms with van der Waals surface area (Å²) in [6.07, 6.45) is 6.04. The van der Waals surface area contributed by atoms with Crippen LogP contribution >= 0.6 is 0 Å². The summed E-state index contributed by atoms with van der Waals surface area (Å²) in [5.41, 5.74) is 4.02. The Bertz CT molecular complexity index is 586. The van der Waals surface area contributed by atoms with E-state index in [4.69, 9.17) is 5.11 Å². The molecule has 0 fully saturated rings. The van der Waals surface area contributed by atoms with Crippen LogP contribution in [-0.2, 0) is 4.79 Å². The summed E-state index contributed by atoms with van der Waals surface area (Å²) in [6, 6.07) is 10.0. The second-order valence-electron chi connectivity index (χ2n) is 4.04. The fraction of sp³-hybridized carbons (Fsp3) is 0.0667. The van der Waals surface area contributed by atoms with Crippen molar-refractivity contribution in [3.05, 3.63) is 59.9 Å². The summed E-state index contributed by atoms with van der Waals surface area (Å²) >= 11 is 0. The SMILES string of the molecule is Cc1ccc(-c2cncc(C=CC(=O)O)c2)cc1. The third-order valence-corrected chi connectivity index (χ3v) is 2.56. The molecule has 1 heterocycles. The second kappa shape index (κ2) is 5.27. The van der Waals surface area contributed by atoms with Gasteiger partial charge in [0.25, 0.3) is 0 Å². The van der Waals surface area contributed by atoms with Crippen molar-refractivity contribution in [2.24, 2.45) is 0 Å². The molecule has 0 saturated carbocycles. The Morgan fingerprint density at radius 1 is 1.17 bits per heavy atom. The molecule has 0 bridgehead atoms. The van der Waals surface area contributed by atoms with Crippen LogP contribution in [0.1, 0.15) is 11.1 Å². The number of nitrogens with zero attached hydrogens (tertiary/aromatic N) is 1. The fourth-order valence-electron chi connectivity index (χ4n) is 1.62. The fourth-order valence-corrected chi connectivity index (χ4v) is 1.62. The van der Waals surface area contributed by atoms with E-state index in [9.17, 15) is 4.79 Å². The van der Waals surface area contributed by atoms with Crippen LogP contribution in [0.3, 0.4) is 0 Å². The van der Waals surface area contributed by atoms with E-state index < -0.39 is 5.97 Å². The summed E-state index contributed by atoms with van der Waals surface area (Å²) in [7, 11) is 0. The zero-order valence-corrected chi connectivity index (χ0v) is 10.00. The van der Waals surface area contributed by atoms with Crippen molar-refractivity contribution < 1.29 is 9.90 Å². The minimum atomic E-state index is -0.962. The maximum absolute atomic E-state index is 10.5. The van der Waals surface area contributed by atoms with Gasteiger partial charge in [0.05, 0.1) is 0 Å². The highest BCUT2D eigenvalue weighted by Crippen LogP contribution is 2.20. The van der Waals surface area contributed by atoms with Gasteiger partial charge in [0.15, 0.2) is 0 Å². The van der Waals surface area contributed by atoms with Gasteiger partial charge in [0, 0.05) is 24.0 Å². The largest absolute Gasteiger partial charge is 0.478 e. The van der Waals surface area contributed by atoms with Gasteiger partial charge in [0.2, 0.25) is 0 Å². The predicted octanol–water partition coefficient (Wildman–Crippen LogP) is 3.15. The number of hydrogen-bond acceptors (Lipinski definition) is 2. The average Bonchev–Trinajstić information content (AvgIpc) is 2.37. The number of aliphatic carboxylic acids is 1. The van der Waals surface area contributed by atoms with Crippen molar-refractivity contribution in [3.8, 4) is 11.1 Å². The molecule has 0 spiro atoms. The number of carbonyl (C=O) groups is 1. The van der Waals surface area contributed by atoms with E-state index in [0.29, 0.717) is 0 Å². The lowest BCUT2D eigenvalue weighted by Crippen LogP contribution is -1.87. The maximum Gasteiger partial charge on any atom is 0.328 e. The van der Waals surface area contributed by atoms with Crippen LogP contribution in [0.5, 0.6) is 0 Å². The van der Waals surface area contributed by atoms with E-state index in [2.05, 4.69) is 4.98 Å². The number of hydrogen-bond donors (Lipinski definition) is 1. The topological polar surface area (TPSA) is 50.2 Å². The molecule has 0 saturated heterocycles. The zero-order valence-electron chi connectivity index (χ0n) is 10.00. The molecule has 0 unspecified atom stereocenters. The average molecular weight is 239 g/mol. The number of rotatable bonds is 3. The molecule has 0 aliphatic rings. The molecule has 1 aromatic carbocycles. The van der Waals surface area contributed by atoms with Gasteiger partial charge in [-0.25, -0.2) is 4.79 Å². The minimum Gasteiger partial charge on any atom is -0.478 e. The number of benzene rings is 1. The van der Waals surface area contributed by atoms with Gasteiger partial charge in [-0.05, 0) is 30.2 Å². The number of pyridine rings is 1. The van der Waals surface area contributed by atoms with Crippen LogP contribution in [0.15, 0.2) is 48.8 Å². The zero-order chi connectivity index (χ0) is 13.0. The molecule has 0 radical (unpaired) electrons. The Morgan fingerprint density at radius 3 is 2.56 bits per heavy atom. The molecule has 0 aliphatic heterocycles. The lowest BCUT2D eigenvalue weighted by molar-refractivity contribution is -0.131. The third kappa shape index (κ3) is 3.04. The van der Waals surface area contributed by atoms with Gasteiger partial charge < -0.3 is 5.11 Å². The third-order valence-electron chi connectivity index (χ3n) is 2.56. The summed E-state index contributed by atoms with van der Waals surface area (Å²) in [4.78, 5) is 14.6. The van der Waals surface area contributed by atoms with Crippen molar-refractivity contribution in [2.45, 2.75) is 6.92 Å². The molecule has 1 N–H and O–H groups in total. The molecular formula is C15H13NO2. The Balaban J connectivity index is 2.32. The highest BCUT2D eigenvalue weighted by atomic mass is 16.4. The van der Waals surface area contributed by atoms with E-state index in [1.807, 2.05) is 37.3 Å². The van der Waals surface area contributed by atoms with Crippen molar-refractivity contribution >= 4 is 12.0 Å². The van der Waals surface area contributed by atoms with Gasteiger partial charge in [0.1, 0.15) is 0 Å². The van der Waals surface area contributed by atoms with Crippen molar-refractivity contribution in [3.63, 3.8) is 0 Å². The smallest absolute Gasteiger partial charge is 0.328 e. The highest BCUT2D eigenvalue weighted by Gasteiger charge is 1.99. The summed E-state index contributed by atoms with van der Waals surface area (Å²) < 4.78 is 0. The predicted molar refractivity (Wildman–Crippen MR) is 71.1 cm³/mol. The molecule has 0 aliphatic carbocycles. The van der Waals surface area contributed by atoms with Crippen LogP contribution in [0.4, 0.5) is 0 Å². The Hall–Kier alpha value is -2.42. The minimum absolute atomic E-state index is 0.774. The number of carboxylic acid groups (broad SMARTS) is 1. The van der Waals surface area contributed by atoms with Gasteiger partial charge in [-0.2, -0.15) is 0 Å². The molecule has 0 amide bonds. The van der Waals surface area contributed by atoms with E-state index in [1.54, 1.807) is 12.4 Å². The van der Waals surface area contributed by atoms with Crippen molar-refractivity contribution in [1.82, 2.24) is 4.98 Å². The van der Waals surface area contributed by atoms with Crippen molar-refractivity contribution in [1.29, 1.82) is 0 Å². The standard InChI is InChI=1S/C15H13NO2/c1-11-2-5-13(6-3-11)14-8-12(9-16-10-14)4-7-15(17)18/h2-10H,1H3,(H,17,18). The van der Waals surface area contributed by atoms with Crippen LogP contribution in [0, 0.1) is 6.92 Å². The molecule has 1 aromatic heterocycles. The molecule has 18 heavy (non-hydrogen) atoms. The monoisotopic (exact) mass is 239 g/mol. The van der Waals surface area contributed by atoms with Crippen LogP contribution in [-0.4, -0.2) is 16.1 Å². The van der Waals surface area contributed by atoms with E-state index >= 15 is 0 Å². The molecule has 3 nitrogen and oxygen atoms in total. The van der Waals surface area contributed by atoms with Crippen molar-refractivity contribution in [2.75, 3.05) is 0 Å². The maximum atomic E-state index is 10.5. The summed E-state index contributed by atoms with van der Waals surface area (Å²) in [5, 5.41) is 8.58. The first kappa shape index (κ1) is 12.0. The van der Waals surface area contributed by atoms with Crippen LogP contribution < -0.4 is 0 Å². The Labute approximate surface area is 105 Å². The molecule has 2 aromatic rings. The summed E-state index contributed by atoms with van der Waals surface area (Å²) in [5.74, 6) is -0.962. The molecular weight excluding hydrogens is 226 g/mol. The van der Waals surface area contributed by atoms with E-state index in [0.717, 1.165) is 22.8 Å².